The molecule has 0 radical (unpaired) electrons. The van der Waals surface area contributed by atoms with E-state index in [0.29, 0.717) is 32.3 Å². The fraction of sp³-hybridized carbons (Fsp3) is 0.125. The second-order valence-electron chi connectivity index (χ2n) is 4.61. The molecule has 1 aliphatic heterocycles. The molecular formula is C16H12ClNO2S2. The molecule has 0 N–H and O–H groups in total. The summed E-state index contributed by atoms with van der Waals surface area (Å²) >= 11 is 12.6. The van der Waals surface area contributed by atoms with Crippen LogP contribution < -0.4 is 0 Å². The van der Waals surface area contributed by atoms with Crippen LogP contribution in [0.4, 0.5) is 0 Å². The Bertz CT molecular complexity index is 782. The van der Waals surface area contributed by atoms with E-state index in [2.05, 4.69) is 0 Å². The highest BCUT2D eigenvalue weighted by Gasteiger charge is 2.30. The number of benzene rings is 1. The minimum atomic E-state index is -0.0757. The maximum absolute atomic E-state index is 12.2. The van der Waals surface area contributed by atoms with E-state index in [1.165, 1.54) is 11.8 Å². The number of amides is 1. The van der Waals surface area contributed by atoms with Crippen molar-refractivity contribution in [2.75, 3.05) is 6.54 Å². The maximum Gasteiger partial charge on any atom is 0.266 e. The van der Waals surface area contributed by atoms with Crippen molar-refractivity contribution in [2.45, 2.75) is 6.92 Å². The number of thioether (sulfide) groups is 1. The Morgan fingerprint density at radius 1 is 1.32 bits per heavy atom. The number of hydrogen-bond donors (Lipinski definition) is 0. The predicted octanol–water partition coefficient (Wildman–Crippen LogP) is 4.82. The van der Waals surface area contributed by atoms with Gasteiger partial charge in [0.15, 0.2) is 0 Å². The maximum atomic E-state index is 12.2. The third-order valence-electron chi connectivity index (χ3n) is 3.23. The van der Waals surface area contributed by atoms with Crippen molar-refractivity contribution in [1.29, 1.82) is 0 Å². The van der Waals surface area contributed by atoms with Gasteiger partial charge in [-0.15, -0.1) is 0 Å². The molecular weight excluding hydrogens is 338 g/mol. The molecule has 112 valence electrons. The number of hydrogen-bond acceptors (Lipinski definition) is 4. The number of halogens is 1. The lowest BCUT2D eigenvalue weighted by atomic mass is 10.2. The lowest BCUT2D eigenvalue weighted by Crippen LogP contribution is -2.27. The van der Waals surface area contributed by atoms with Crippen molar-refractivity contribution in [3.63, 3.8) is 0 Å². The summed E-state index contributed by atoms with van der Waals surface area (Å²) in [6, 6.07) is 11.1. The van der Waals surface area contributed by atoms with Gasteiger partial charge in [-0.05, 0) is 31.2 Å². The van der Waals surface area contributed by atoms with E-state index in [1.807, 2.05) is 43.3 Å². The van der Waals surface area contributed by atoms with Crippen LogP contribution in [0.15, 0.2) is 45.7 Å². The van der Waals surface area contributed by atoms with Gasteiger partial charge in [-0.2, -0.15) is 0 Å². The van der Waals surface area contributed by atoms with Crippen LogP contribution in [0.2, 0.25) is 5.02 Å². The molecule has 1 fully saturated rings. The Labute approximate surface area is 142 Å². The molecule has 6 heteroatoms. The molecule has 1 aromatic heterocycles. The van der Waals surface area contributed by atoms with Crippen LogP contribution in [-0.4, -0.2) is 21.7 Å². The summed E-state index contributed by atoms with van der Waals surface area (Å²) in [6.07, 6.45) is 1.72. The summed E-state index contributed by atoms with van der Waals surface area (Å²) in [7, 11) is 0. The SMILES string of the molecule is CCN1C(=O)/C(=C/c2ccc(-c3ccccc3Cl)o2)SC1=S. The first-order valence-electron chi connectivity index (χ1n) is 6.70. The molecule has 2 heterocycles. The second kappa shape index (κ2) is 6.28. The van der Waals surface area contributed by atoms with Crippen molar-refractivity contribution >= 4 is 51.9 Å². The van der Waals surface area contributed by atoms with Crippen molar-refractivity contribution in [3.8, 4) is 11.3 Å². The molecule has 1 aromatic carbocycles. The van der Waals surface area contributed by atoms with Gasteiger partial charge in [0.05, 0.1) is 9.93 Å². The fourth-order valence-corrected chi connectivity index (χ4v) is 3.73. The molecule has 3 nitrogen and oxygen atoms in total. The number of rotatable bonds is 3. The van der Waals surface area contributed by atoms with Gasteiger partial charge in [0.1, 0.15) is 15.8 Å². The zero-order chi connectivity index (χ0) is 15.7. The Morgan fingerprint density at radius 2 is 2.09 bits per heavy atom. The van der Waals surface area contributed by atoms with Crippen LogP contribution in [0.5, 0.6) is 0 Å². The Morgan fingerprint density at radius 3 is 2.77 bits per heavy atom. The molecule has 3 rings (SSSR count). The highest BCUT2D eigenvalue weighted by atomic mass is 35.5. The first-order chi connectivity index (χ1) is 10.6. The summed E-state index contributed by atoms with van der Waals surface area (Å²) in [6.45, 7) is 2.47. The van der Waals surface area contributed by atoms with Gasteiger partial charge in [0.25, 0.3) is 5.91 Å². The predicted molar refractivity (Wildman–Crippen MR) is 94.7 cm³/mol. The van der Waals surface area contributed by atoms with Gasteiger partial charge in [-0.3, -0.25) is 9.69 Å². The van der Waals surface area contributed by atoms with Gasteiger partial charge < -0.3 is 4.42 Å². The monoisotopic (exact) mass is 349 g/mol. The average Bonchev–Trinajstić information content (AvgIpc) is 3.05. The number of carbonyl (C=O) groups excluding carboxylic acids is 1. The third-order valence-corrected chi connectivity index (χ3v) is 4.94. The zero-order valence-electron chi connectivity index (χ0n) is 11.7. The Kier molecular flexibility index (Phi) is 4.38. The molecule has 0 atom stereocenters. The molecule has 0 bridgehead atoms. The Balaban J connectivity index is 1.90. The number of carbonyl (C=O) groups is 1. The summed E-state index contributed by atoms with van der Waals surface area (Å²) in [5.41, 5.74) is 0.824. The van der Waals surface area contributed by atoms with Crippen LogP contribution in [0.25, 0.3) is 17.4 Å². The van der Waals surface area contributed by atoms with E-state index in [1.54, 1.807) is 11.0 Å². The topological polar surface area (TPSA) is 33.5 Å². The quantitative estimate of drug-likeness (QED) is 0.587. The van der Waals surface area contributed by atoms with Crippen molar-refractivity contribution in [1.82, 2.24) is 4.90 Å². The molecule has 0 unspecified atom stereocenters. The average molecular weight is 350 g/mol. The van der Waals surface area contributed by atoms with Gasteiger partial charge in [-0.1, -0.05) is 47.7 Å². The highest BCUT2D eigenvalue weighted by Crippen LogP contribution is 2.34. The summed E-state index contributed by atoms with van der Waals surface area (Å²) in [4.78, 5) is 14.3. The molecule has 0 saturated carbocycles. The Hall–Kier alpha value is -1.56. The molecule has 1 saturated heterocycles. The lowest BCUT2D eigenvalue weighted by Gasteiger charge is -2.09. The third kappa shape index (κ3) is 2.84. The van der Waals surface area contributed by atoms with Crippen LogP contribution in [-0.2, 0) is 4.79 Å². The second-order valence-corrected chi connectivity index (χ2v) is 6.69. The molecule has 0 spiro atoms. The van der Waals surface area contributed by atoms with Crippen molar-refractivity contribution < 1.29 is 9.21 Å². The minimum absolute atomic E-state index is 0.0757. The smallest absolute Gasteiger partial charge is 0.266 e. The van der Waals surface area contributed by atoms with E-state index in [0.717, 1.165) is 5.56 Å². The fourth-order valence-electron chi connectivity index (χ4n) is 2.14. The number of nitrogens with zero attached hydrogens (tertiary/aromatic N) is 1. The summed E-state index contributed by atoms with van der Waals surface area (Å²) in [5, 5.41) is 0.626. The van der Waals surface area contributed by atoms with Crippen LogP contribution in [0.3, 0.4) is 0 Å². The minimum Gasteiger partial charge on any atom is -0.457 e. The summed E-state index contributed by atoms with van der Waals surface area (Å²) in [5.74, 6) is 1.20. The van der Waals surface area contributed by atoms with Gasteiger partial charge in [-0.25, -0.2) is 0 Å². The first kappa shape index (κ1) is 15.3. The number of furan rings is 1. The van der Waals surface area contributed by atoms with Crippen LogP contribution in [0, 0.1) is 0 Å². The largest absolute Gasteiger partial charge is 0.457 e. The molecule has 2 aromatic rings. The highest BCUT2D eigenvalue weighted by molar-refractivity contribution is 8.26. The molecule has 22 heavy (non-hydrogen) atoms. The molecule has 1 amide bonds. The van der Waals surface area contributed by atoms with Crippen molar-refractivity contribution in [2.24, 2.45) is 0 Å². The first-order valence-corrected chi connectivity index (χ1v) is 8.30. The van der Waals surface area contributed by atoms with Gasteiger partial charge in [0.2, 0.25) is 0 Å². The van der Waals surface area contributed by atoms with Crippen molar-refractivity contribution in [3.05, 3.63) is 52.1 Å². The van der Waals surface area contributed by atoms with E-state index < -0.39 is 0 Å². The molecule has 0 aliphatic carbocycles. The number of thiocarbonyl (C=S) groups is 1. The zero-order valence-corrected chi connectivity index (χ0v) is 14.1. The lowest BCUT2D eigenvalue weighted by molar-refractivity contribution is -0.121. The molecule has 1 aliphatic rings. The van der Waals surface area contributed by atoms with Crippen LogP contribution in [0.1, 0.15) is 12.7 Å². The van der Waals surface area contributed by atoms with E-state index >= 15 is 0 Å². The van der Waals surface area contributed by atoms with Gasteiger partial charge >= 0.3 is 0 Å². The van der Waals surface area contributed by atoms with E-state index in [-0.39, 0.29) is 5.91 Å². The normalized spacial score (nSPS) is 16.8. The van der Waals surface area contributed by atoms with Crippen LogP contribution >= 0.6 is 35.6 Å². The van der Waals surface area contributed by atoms with E-state index in [9.17, 15) is 4.79 Å². The van der Waals surface area contributed by atoms with Gasteiger partial charge in [0, 0.05) is 18.2 Å². The summed E-state index contributed by atoms with van der Waals surface area (Å²) < 4.78 is 6.36. The van der Waals surface area contributed by atoms with E-state index in [4.69, 9.17) is 28.2 Å². The standard InChI is InChI=1S/C16H12ClNO2S2/c1-2-18-15(19)14(22-16(18)21)9-10-7-8-13(20-10)11-5-3-4-6-12(11)17/h3-9H,2H2,1H3/b14-9-. The number of likely N-dealkylation sites (N-methyl/N-ethyl adjacent to an activating group) is 1.